The van der Waals surface area contributed by atoms with Crippen LogP contribution in [0.15, 0.2) is 16.0 Å². The quantitative estimate of drug-likeness (QED) is 0.313. The summed E-state index contributed by atoms with van der Waals surface area (Å²) in [4.78, 5) is 0. The summed E-state index contributed by atoms with van der Waals surface area (Å²) in [6.07, 6.45) is 2.45. The van der Waals surface area contributed by atoms with E-state index >= 15 is 0 Å². The third-order valence-electron chi connectivity index (χ3n) is 0.568. The summed E-state index contributed by atoms with van der Waals surface area (Å²) in [6.45, 7) is 0. The van der Waals surface area contributed by atoms with Crippen molar-refractivity contribution in [3.63, 3.8) is 0 Å². The molecule has 0 aliphatic heterocycles. The van der Waals surface area contributed by atoms with E-state index in [0.29, 0.717) is 5.69 Å². The Morgan fingerprint density at radius 3 is 3.25 bits per heavy atom. The lowest BCUT2D eigenvalue weighted by molar-refractivity contribution is 0.304. The van der Waals surface area contributed by atoms with Gasteiger partial charge in [0.25, 0.3) is 0 Å². The SMILES string of the molecule is ON=Cc1cnon1. The minimum atomic E-state index is 0.396. The molecule has 5 nitrogen and oxygen atoms in total. The maximum atomic E-state index is 7.90. The van der Waals surface area contributed by atoms with E-state index in [2.05, 4.69) is 20.1 Å². The number of rotatable bonds is 1. The Morgan fingerprint density at radius 1 is 1.88 bits per heavy atom. The van der Waals surface area contributed by atoms with Gasteiger partial charge < -0.3 is 5.21 Å². The molecule has 1 N–H and O–H groups in total. The average molecular weight is 113 g/mol. The van der Waals surface area contributed by atoms with Gasteiger partial charge in [0.1, 0.15) is 11.9 Å². The van der Waals surface area contributed by atoms with Gasteiger partial charge in [-0.05, 0) is 5.16 Å². The van der Waals surface area contributed by atoms with Crippen LogP contribution in [0.4, 0.5) is 0 Å². The number of oxime groups is 1. The van der Waals surface area contributed by atoms with Gasteiger partial charge in [-0.25, -0.2) is 4.63 Å². The molecule has 0 amide bonds. The van der Waals surface area contributed by atoms with E-state index < -0.39 is 0 Å². The molecule has 0 saturated heterocycles. The molecular formula is C3H3N3O2. The molecule has 1 rings (SSSR count). The summed E-state index contributed by atoms with van der Waals surface area (Å²) in [5.41, 5.74) is 0.396. The number of hydrogen-bond acceptors (Lipinski definition) is 5. The van der Waals surface area contributed by atoms with Gasteiger partial charge in [0.2, 0.25) is 0 Å². The second-order valence-corrected chi connectivity index (χ2v) is 1.08. The summed E-state index contributed by atoms with van der Waals surface area (Å²) in [5.74, 6) is 0. The molecule has 1 aromatic rings. The fourth-order valence-electron chi connectivity index (χ4n) is 0.288. The van der Waals surface area contributed by atoms with Crippen LogP contribution in [0.3, 0.4) is 0 Å². The van der Waals surface area contributed by atoms with E-state index in [1.165, 1.54) is 6.20 Å². The van der Waals surface area contributed by atoms with Crippen molar-refractivity contribution in [2.24, 2.45) is 5.16 Å². The number of hydrogen-bond donors (Lipinski definition) is 1. The molecule has 0 radical (unpaired) electrons. The smallest absolute Gasteiger partial charge is 0.149 e. The molecule has 0 atom stereocenters. The first-order chi connectivity index (χ1) is 3.93. The molecular weight excluding hydrogens is 110 g/mol. The maximum Gasteiger partial charge on any atom is 0.149 e. The van der Waals surface area contributed by atoms with Crippen LogP contribution < -0.4 is 0 Å². The molecule has 0 spiro atoms. The highest BCUT2D eigenvalue weighted by atomic mass is 16.6. The highest BCUT2D eigenvalue weighted by Gasteiger charge is 1.88. The molecule has 0 aliphatic carbocycles. The van der Waals surface area contributed by atoms with Crippen LogP contribution in [-0.2, 0) is 0 Å². The molecule has 8 heavy (non-hydrogen) atoms. The summed E-state index contributed by atoms with van der Waals surface area (Å²) < 4.78 is 4.16. The van der Waals surface area contributed by atoms with E-state index in [4.69, 9.17) is 5.21 Å². The largest absolute Gasteiger partial charge is 0.411 e. The molecule has 0 fully saturated rings. The number of nitrogens with zero attached hydrogens (tertiary/aromatic N) is 3. The van der Waals surface area contributed by atoms with Gasteiger partial charge in [0.15, 0.2) is 0 Å². The first-order valence-corrected chi connectivity index (χ1v) is 1.88. The Balaban J connectivity index is 2.77. The monoisotopic (exact) mass is 113 g/mol. The van der Waals surface area contributed by atoms with Gasteiger partial charge >= 0.3 is 0 Å². The highest BCUT2D eigenvalue weighted by molar-refractivity contribution is 5.75. The van der Waals surface area contributed by atoms with Gasteiger partial charge in [-0.15, -0.1) is 0 Å². The average Bonchev–Trinajstić information content (AvgIpc) is 2.19. The molecule has 5 heteroatoms. The van der Waals surface area contributed by atoms with Crippen LogP contribution in [-0.4, -0.2) is 21.7 Å². The van der Waals surface area contributed by atoms with Crippen molar-refractivity contribution in [3.05, 3.63) is 11.9 Å². The second-order valence-electron chi connectivity index (χ2n) is 1.08. The van der Waals surface area contributed by atoms with Crippen LogP contribution in [0, 0.1) is 0 Å². The van der Waals surface area contributed by atoms with Crippen LogP contribution in [0.25, 0.3) is 0 Å². The first kappa shape index (κ1) is 4.76. The molecule has 1 aromatic heterocycles. The zero-order valence-electron chi connectivity index (χ0n) is 3.85. The third-order valence-corrected chi connectivity index (χ3v) is 0.568. The Kier molecular flexibility index (Phi) is 1.23. The van der Waals surface area contributed by atoms with Crippen molar-refractivity contribution in [1.82, 2.24) is 10.3 Å². The van der Waals surface area contributed by atoms with E-state index in [0.717, 1.165) is 6.21 Å². The van der Waals surface area contributed by atoms with E-state index in [-0.39, 0.29) is 0 Å². The molecule has 0 saturated carbocycles. The Hall–Kier alpha value is -1.39. The molecule has 42 valence electrons. The van der Waals surface area contributed by atoms with Crippen molar-refractivity contribution in [1.29, 1.82) is 0 Å². The lowest BCUT2D eigenvalue weighted by Gasteiger charge is -1.68. The van der Waals surface area contributed by atoms with Gasteiger partial charge in [-0.2, -0.15) is 0 Å². The number of aromatic nitrogens is 2. The summed E-state index contributed by atoms with van der Waals surface area (Å²) >= 11 is 0. The fourth-order valence-corrected chi connectivity index (χ4v) is 0.288. The zero-order valence-corrected chi connectivity index (χ0v) is 3.85. The highest BCUT2D eigenvalue weighted by Crippen LogP contribution is 1.82. The van der Waals surface area contributed by atoms with Crippen LogP contribution >= 0.6 is 0 Å². The lowest BCUT2D eigenvalue weighted by atomic mass is 10.5. The first-order valence-electron chi connectivity index (χ1n) is 1.88. The van der Waals surface area contributed by atoms with Gasteiger partial charge in [-0.3, -0.25) is 0 Å². The van der Waals surface area contributed by atoms with Gasteiger partial charge in [-0.1, -0.05) is 10.3 Å². The summed E-state index contributed by atoms with van der Waals surface area (Å²) in [6, 6.07) is 0. The molecule has 0 aromatic carbocycles. The molecule has 0 unspecified atom stereocenters. The van der Waals surface area contributed by atoms with E-state index in [9.17, 15) is 0 Å². The minimum absolute atomic E-state index is 0.396. The van der Waals surface area contributed by atoms with E-state index in [1.54, 1.807) is 0 Å². The Bertz CT molecular complexity index is 169. The van der Waals surface area contributed by atoms with Crippen LogP contribution in [0.1, 0.15) is 5.69 Å². The van der Waals surface area contributed by atoms with Crippen LogP contribution in [0.2, 0.25) is 0 Å². The molecule has 0 bridgehead atoms. The van der Waals surface area contributed by atoms with Crippen molar-refractivity contribution < 1.29 is 9.84 Å². The standard InChI is InChI=1S/C3H3N3O2/c7-4-1-3-2-5-8-6-3/h1-2,7H. The van der Waals surface area contributed by atoms with Crippen molar-refractivity contribution in [2.45, 2.75) is 0 Å². The predicted molar refractivity (Wildman–Crippen MR) is 23.7 cm³/mol. The molecule has 1 heterocycles. The van der Waals surface area contributed by atoms with Crippen LogP contribution in [0.5, 0.6) is 0 Å². The second kappa shape index (κ2) is 2.06. The summed E-state index contributed by atoms with van der Waals surface area (Å²) in [7, 11) is 0. The Morgan fingerprint density at radius 2 is 2.75 bits per heavy atom. The van der Waals surface area contributed by atoms with Gasteiger partial charge in [0.05, 0.1) is 6.21 Å². The van der Waals surface area contributed by atoms with Crippen molar-refractivity contribution in [3.8, 4) is 0 Å². The van der Waals surface area contributed by atoms with Crippen molar-refractivity contribution >= 4 is 6.21 Å². The van der Waals surface area contributed by atoms with E-state index in [1.807, 2.05) is 0 Å². The topological polar surface area (TPSA) is 71.5 Å². The molecule has 0 aliphatic rings. The normalized spacial score (nSPS) is 10.5. The van der Waals surface area contributed by atoms with Gasteiger partial charge in [0, 0.05) is 0 Å². The van der Waals surface area contributed by atoms with Crippen molar-refractivity contribution in [2.75, 3.05) is 0 Å². The zero-order chi connectivity index (χ0) is 5.82. The predicted octanol–water partition coefficient (Wildman–Crippen LogP) is -0.122. The minimum Gasteiger partial charge on any atom is -0.411 e. The fraction of sp³-hybridized carbons (Fsp3) is 0. The summed E-state index contributed by atoms with van der Waals surface area (Å²) in [5, 5.41) is 17.2. The lowest BCUT2D eigenvalue weighted by Crippen LogP contribution is -1.76. The third kappa shape index (κ3) is 0.810. The maximum absolute atomic E-state index is 7.90. The Labute approximate surface area is 44.6 Å².